The van der Waals surface area contributed by atoms with Crippen molar-refractivity contribution in [1.29, 1.82) is 0 Å². The molecule has 9 atom stereocenters. The highest BCUT2D eigenvalue weighted by Gasteiger charge is 2.42. The van der Waals surface area contributed by atoms with Crippen molar-refractivity contribution in [1.82, 2.24) is 63.1 Å². The molecule has 2 aliphatic heterocycles. The van der Waals surface area contributed by atoms with E-state index in [2.05, 4.69) is 77.3 Å². The highest BCUT2D eigenvalue weighted by atomic mass is 32.2. The van der Waals surface area contributed by atoms with E-state index in [1.807, 2.05) is 34.6 Å². The summed E-state index contributed by atoms with van der Waals surface area (Å²) in [6.45, 7) is 18.1. The van der Waals surface area contributed by atoms with Gasteiger partial charge in [0, 0.05) is 47.9 Å². The molecule has 3 aromatic rings. The van der Waals surface area contributed by atoms with Gasteiger partial charge in [0.1, 0.15) is 42.2 Å². The van der Waals surface area contributed by atoms with Crippen LogP contribution in [0.4, 0.5) is 5.69 Å². The van der Waals surface area contributed by atoms with Crippen LogP contribution >= 0.6 is 11.8 Å². The maximum absolute atomic E-state index is 14.8. The first-order chi connectivity index (χ1) is 41.8. The van der Waals surface area contributed by atoms with Crippen molar-refractivity contribution in [3.8, 4) is 5.75 Å². The predicted octanol–water partition coefficient (Wildman–Crippen LogP) is 0.481. The Hall–Kier alpha value is -7.66. The van der Waals surface area contributed by atoms with Gasteiger partial charge >= 0.3 is 0 Å². The molecule has 1 aromatic heterocycles. The second-order valence-electron chi connectivity index (χ2n) is 21.3. The number of aryl methyl sites for hydroxylation is 1. The van der Waals surface area contributed by atoms with Crippen molar-refractivity contribution in [3.05, 3.63) is 53.6 Å². The molecule has 2 saturated heterocycles. The fraction of sp³-hybridized carbons (Fsp3) is 0.583. The van der Waals surface area contributed by atoms with Gasteiger partial charge in [-0.1, -0.05) is 87.3 Å². The molecule has 0 radical (unpaired) electrons. The lowest BCUT2D eigenvalue weighted by Gasteiger charge is -2.32. The second-order valence-corrected chi connectivity index (χ2v) is 22.4. The number of nitrogens with one attached hydrogen (secondary N) is 12. The summed E-state index contributed by atoms with van der Waals surface area (Å²) in [6.07, 6.45) is 0.625. The standard InChI is InChI=1S/C50H70N12O13S.C5H11NO.C3H8.C2H6/c1-7-25(2)42-47(73)55-22-40(68)57-35(24-76-49-26(3)32-15-14-31(64)17-33(32)59-49)45(71)58-34(18-38(66)52-19-29-10-12-30(13-11-29)56-44(70)28(5)51-6)50(75)62-16-8-9-36(62)46(72)61-43(27(4)37(65)23-63)48(74)54-20-39(67)53-21-41(69)60-42;1-5(2)6-3-4-7;1-3-2;1-2/h10-15,17,25,27-28,34-37,42-43,51,59,63-65H,7-9,16,18-24H2,1-6H3,(H,52,66)(H,53,67)(H,54,74)(H,55,73)(H,56,70)(H,57,68)(H,58,71)(H,60,69)(H,61,72);4-6H,3H2,1-2H3;3H2,1-2H3;1-2H3/t25?,27-,28?,34?,35-,36?,37?,42?,43?;;;/m0.../s1. The van der Waals surface area contributed by atoms with Gasteiger partial charge in [-0.25, -0.2) is 0 Å². The fourth-order valence-electron chi connectivity index (χ4n) is 8.64. The highest BCUT2D eigenvalue weighted by Crippen LogP contribution is 2.31. The minimum absolute atomic E-state index is 0.00382. The minimum Gasteiger partial charge on any atom is -0.508 e. The Morgan fingerprint density at radius 3 is 1.99 bits per heavy atom. The molecular weight excluding hydrogens is 1160 g/mol. The number of hydrogen-bond acceptors (Lipinski definition) is 17. The number of rotatable bonds is 18. The van der Waals surface area contributed by atoms with Gasteiger partial charge in [0.2, 0.25) is 59.1 Å². The molecule has 490 valence electrons. The summed E-state index contributed by atoms with van der Waals surface area (Å²) in [5.74, 6) is -9.65. The van der Waals surface area contributed by atoms with Gasteiger partial charge in [0.05, 0.1) is 61.9 Å². The number of hydrogen-bond donors (Lipinski definition) is 15. The molecular formula is C60H95N13O14S. The number of phenolic OH excluding ortho intramolecular Hbond substituents is 1. The molecule has 15 N–H and O–H groups in total. The molecule has 88 heavy (non-hydrogen) atoms. The zero-order valence-electron chi connectivity index (χ0n) is 52.8. The van der Waals surface area contributed by atoms with Crippen molar-refractivity contribution >= 4 is 93.7 Å². The van der Waals surface area contributed by atoms with Crippen molar-refractivity contribution in [2.45, 2.75) is 168 Å². The lowest BCUT2D eigenvalue weighted by molar-refractivity contribution is -0.144. The topological polar surface area (TPSA) is 400 Å². The molecule has 2 aliphatic rings. The van der Waals surface area contributed by atoms with Crippen molar-refractivity contribution in [2.75, 3.05) is 57.4 Å². The Bertz CT molecular complexity index is 2780. The van der Waals surface area contributed by atoms with Crippen LogP contribution < -0.4 is 58.5 Å². The number of aromatic amines is 1. The monoisotopic (exact) mass is 1250 g/mol. The predicted molar refractivity (Wildman–Crippen MR) is 335 cm³/mol. The number of H-pyrrole nitrogens is 1. The summed E-state index contributed by atoms with van der Waals surface area (Å²) in [6, 6.07) is 4.12. The van der Waals surface area contributed by atoms with Crippen LogP contribution in [0.2, 0.25) is 0 Å². The maximum Gasteiger partial charge on any atom is 0.246 e. The van der Waals surface area contributed by atoms with Gasteiger partial charge in [0.25, 0.3) is 0 Å². The summed E-state index contributed by atoms with van der Waals surface area (Å²) in [5.41, 5.74) is 2.46. The Morgan fingerprint density at radius 1 is 0.784 bits per heavy atom. The van der Waals surface area contributed by atoms with Gasteiger partial charge in [-0.15, -0.1) is 11.8 Å². The van der Waals surface area contributed by atoms with Gasteiger partial charge in [-0.3, -0.25) is 47.9 Å². The molecule has 2 aromatic carbocycles. The van der Waals surface area contributed by atoms with Gasteiger partial charge in [-0.2, -0.15) is 0 Å². The minimum atomic E-state index is -1.67. The molecule has 7 unspecified atom stereocenters. The average Bonchev–Trinajstić information content (AvgIpc) is 2.01. The number of fused-ring (bicyclic) bond motifs is 2. The molecule has 3 heterocycles. The van der Waals surface area contributed by atoms with Crippen molar-refractivity contribution in [2.24, 2.45) is 11.8 Å². The van der Waals surface area contributed by atoms with E-state index in [-0.39, 0.29) is 43.3 Å². The molecule has 0 spiro atoms. The average molecular weight is 1250 g/mol. The number of aromatic nitrogens is 1. The van der Waals surface area contributed by atoms with E-state index in [0.717, 1.165) is 33.9 Å². The van der Waals surface area contributed by atoms with Crippen LogP contribution in [0.5, 0.6) is 5.75 Å². The molecule has 0 bridgehead atoms. The van der Waals surface area contributed by atoms with E-state index in [1.54, 1.807) is 58.2 Å². The molecule has 5 rings (SSSR count). The number of carbonyl (C=O) groups excluding carboxylic acids is 11. The second kappa shape index (κ2) is 40.0. The van der Waals surface area contributed by atoms with Gasteiger partial charge in [0.15, 0.2) is 0 Å². The number of aromatic hydroxyl groups is 1. The number of thioether (sulfide) groups is 1. The number of phenols is 1. The summed E-state index contributed by atoms with van der Waals surface area (Å²) in [5, 5.41) is 60.7. The van der Waals surface area contributed by atoms with E-state index in [4.69, 9.17) is 0 Å². The number of nitrogens with zero attached hydrogens (tertiary/aromatic N) is 1. The Balaban J connectivity index is 0.00000201. The summed E-state index contributed by atoms with van der Waals surface area (Å²) in [7, 11) is 1.65. The highest BCUT2D eigenvalue weighted by molar-refractivity contribution is 7.99. The molecule has 28 heteroatoms. The third-order valence-corrected chi connectivity index (χ3v) is 15.2. The van der Waals surface area contributed by atoms with Crippen LogP contribution in [0.15, 0.2) is 47.5 Å². The first-order valence-electron chi connectivity index (χ1n) is 29.9. The van der Waals surface area contributed by atoms with Gasteiger partial charge in [-0.05, 0) is 75.0 Å². The van der Waals surface area contributed by atoms with E-state index in [1.165, 1.54) is 25.5 Å². The summed E-state index contributed by atoms with van der Waals surface area (Å²) < 4.78 is 0. The largest absolute Gasteiger partial charge is 0.508 e. The third-order valence-electron chi connectivity index (χ3n) is 14.0. The quantitative estimate of drug-likeness (QED) is 0.0608. The summed E-state index contributed by atoms with van der Waals surface area (Å²) >= 11 is 1.12. The number of benzene rings is 2. The van der Waals surface area contributed by atoms with Crippen molar-refractivity contribution < 1.29 is 68.1 Å². The Labute approximate surface area is 519 Å². The summed E-state index contributed by atoms with van der Waals surface area (Å²) in [4.78, 5) is 151. The number of aliphatic hydroxyl groups is 2. The van der Waals surface area contributed by atoms with Crippen molar-refractivity contribution in [3.63, 3.8) is 0 Å². The zero-order chi connectivity index (χ0) is 66.2. The zero-order valence-corrected chi connectivity index (χ0v) is 53.6. The molecule has 10 amide bonds. The first kappa shape index (κ1) is 76.4. The molecule has 27 nitrogen and oxygen atoms in total. The lowest BCUT2D eigenvalue weighted by atomic mass is 9.94. The van der Waals surface area contributed by atoms with Crippen LogP contribution in [-0.2, 0) is 59.3 Å². The third kappa shape index (κ3) is 25.2. The van der Waals surface area contributed by atoms with E-state index >= 15 is 0 Å². The SMILES string of the molecule is CC.CC(C)NCC=O.CCC.CCC(C)C1NC(=O)CNC(=O)CNC(=O)C([C@@H](C)C(O)CO)NC(=O)C2CCCN2C(=O)C(CC(=O)NCc2ccc(NC(=O)C(C)NC)cc2)NC(=O)[C@H](CSc2[nH]c3cc(O)ccc3c2C)NC(=O)CNC1=O. The Morgan fingerprint density at radius 2 is 1.40 bits per heavy atom. The van der Waals surface area contributed by atoms with Crippen LogP contribution in [0.25, 0.3) is 10.9 Å². The molecule has 2 fully saturated rings. The van der Waals surface area contributed by atoms with Crippen LogP contribution in [-0.4, -0.2) is 191 Å². The van der Waals surface area contributed by atoms with E-state index in [0.29, 0.717) is 40.8 Å². The number of aldehydes is 1. The number of aliphatic hydroxyl groups excluding tert-OH is 2. The maximum atomic E-state index is 14.8. The molecule has 0 aliphatic carbocycles. The smallest absolute Gasteiger partial charge is 0.246 e. The van der Waals surface area contributed by atoms with Crippen LogP contribution in [0.3, 0.4) is 0 Å². The first-order valence-corrected chi connectivity index (χ1v) is 30.9. The number of anilines is 1. The van der Waals surface area contributed by atoms with Crippen LogP contribution in [0.1, 0.15) is 112 Å². The van der Waals surface area contributed by atoms with E-state index in [9.17, 15) is 68.1 Å². The molecule has 0 saturated carbocycles. The van der Waals surface area contributed by atoms with Gasteiger partial charge < -0.3 is 88.5 Å². The Kier molecular flexibility index (Phi) is 34.7. The number of likely N-dealkylation sites (N-methyl/N-ethyl adjacent to an activating group) is 1. The van der Waals surface area contributed by atoms with E-state index < -0.39 is 140 Å². The normalized spacial score (nSPS) is 20.4. The van der Waals surface area contributed by atoms with Crippen LogP contribution in [0, 0.1) is 18.8 Å². The number of amides is 10. The number of carbonyl (C=O) groups is 11. The lowest BCUT2D eigenvalue weighted by Crippen LogP contribution is -2.60. The fourth-order valence-corrected chi connectivity index (χ4v) is 9.72.